The number of aliphatic hydroxyl groups excluding tert-OH is 2. The molecule has 262 valence electrons. The lowest BCUT2D eigenvalue weighted by molar-refractivity contribution is -0.119. The van der Waals surface area contributed by atoms with E-state index in [9.17, 15) is 9.59 Å². The Hall–Kier alpha value is -1.66. The molecule has 1 rings (SSSR count). The van der Waals surface area contributed by atoms with Gasteiger partial charge in [0, 0.05) is 25.3 Å². The second kappa shape index (κ2) is 32.3. The van der Waals surface area contributed by atoms with E-state index in [0.29, 0.717) is 13.2 Å². The Kier molecular flexibility index (Phi) is 29.7. The number of amides is 2. The van der Waals surface area contributed by atoms with Gasteiger partial charge < -0.3 is 20.8 Å². The molecule has 45 heavy (non-hydrogen) atoms. The molecule has 1 saturated carbocycles. The molecular weight excluding hydrogens is 560 g/mol. The fourth-order valence-corrected chi connectivity index (χ4v) is 6.43. The molecule has 0 unspecified atom stereocenters. The summed E-state index contributed by atoms with van der Waals surface area (Å²) >= 11 is 0. The lowest BCUT2D eigenvalue weighted by Crippen LogP contribution is -2.47. The average Bonchev–Trinajstić information content (AvgIpc) is 3.46. The summed E-state index contributed by atoms with van der Waals surface area (Å²) in [5.74, 6) is -0.0791. The van der Waals surface area contributed by atoms with Crippen molar-refractivity contribution in [3.63, 3.8) is 0 Å². The van der Waals surface area contributed by atoms with Crippen molar-refractivity contribution in [2.24, 2.45) is 0 Å². The van der Waals surface area contributed by atoms with Gasteiger partial charge in [0.15, 0.2) is 0 Å². The summed E-state index contributed by atoms with van der Waals surface area (Å²) in [5.41, 5.74) is 0. The van der Waals surface area contributed by atoms with Crippen LogP contribution in [0.1, 0.15) is 186 Å². The third-order valence-electron chi connectivity index (χ3n) is 9.27. The number of allylic oxidation sites excluding steroid dienone is 2. The minimum Gasteiger partial charge on any atom is -0.396 e. The summed E-state index contributed by atoms with van der Waals surface area (Å²) in [6.07, 6.45) is 42.1. The Labute approximate surface area is 277 Å². The van der Waals surface area contributed by atoms with E-state index in [2.05, 4.69) is 10.6 Å². The number of nitrogens with one attached hydrogen (secondary N) is 2. The van der Waals surface area contributed by atoms with Crippen molar-refractivity contribution in [3.05, 3.63) is 24.3 Å². The first kappa shape index (κ1) is 41.4. The smallest absolute Gasteiger partial charge is 0.243 e. The predicted molar refractivity (Wildman–Crippen MR) is 190 cm³/mol. The van der Waals surface area contributed by atoms with E-state index in [1.54, 1.807) is 12.2 Å². The highest BCUT2D eigenvalue weighted by molar-refractivity contribution is 5.89. The molecule has 2 amide bonds. The number of aliphatic hydroxyl groups is 2. The van der Waals surface area contributed by atoms with Gasteiger partial charge >= 0.3 is 0 Å². The van der Waals surface area contributed by atoms with Crippen LogP contribution in [-0.4, -0.2) is 47.3 Å². The fourth-order valence-electron chi connectivity index (χ4n) is 6.43. The van der Waals surface area contributed by atoms with Crippen molar-refractivity contribution in [1.82, 2.24) is 10.6 Å². The normalized spacial score (nSPS) is 16.7. The summed E-state index contributed by atoms with van der Waals surface area (Å²) in [6, 6.07) is 0.0394. The van der Waals surface area contributed by atoms with Gasteiger partial charge in [-0.05, 0) is 69.9 Å². The van der Waals surface area contributed by atoms with Gasteiger partial charge in [-0.25, -0.2) is 0 Å². The van der Waals surface area contributed by atoms with Crippen molar-refractivity contribution in [1.29, 1.82) is 0 Å². The maximum absolute atomic E-state index is 12.5. The standard InChI is InChI=1S/C39H72N2O4/c42-34-27-23-19-15-11-7-3-1-5-9-13-17-21-25-32-38(44)40-36-30-29-31-37(36)41-39(45)33-26-22-18-14-10-6-2-4-8-12-16-20-24-28-35-43/h25-26,32-33,36-37,42-43H,1-24,27-31,34-35H2,(H,40,44)(H,41,45)/t36-,37+. The molecule has 0 spiro atoms. The lowest BCUT2D eigenvalue weighted by Gasteiger charge is -2.21. The van der Waals surface area contributed by atoms with Crippen molar-refractivity contribution in [3.8, 4) is 0 Å². The van der Waals surface area contributed by atoms with Crippen molar-refractivity contribution >= 4 is 11.8 Å². The quantitative estimate of drug-likeness (QED) is 0.0439. The largest absolute Gasteiger partial charge is 0.396 e. The monoisotopic (exact) mass is 633 g/mol. The Morgan fingerprint density at radius 2 is 0.711 bits per heavy atom. The minimum absolute atomic E-state index is 0.0197. The first-order chi connectivity index (χ1) is 22.2. The SMILES string of the molecule is O=C(C=CCCCCCCCCCCCCCCO)N[C@H]1CCC[C@H]1NC(=O)C=CCCCCCCCCCCCCCCO. The van der Waals surface area contributed by atoms with Crippen LogP contribution in [0.5, 0.6) is 0 Å². The summed E-state index contributed by atoms with van der Waals surface area (Å²) in [7, 11) is 0. The van der Waals surface area contributed by atoms with Crippen LogP contribution in [0.4, 0.5) is 0 Å². The summed E-state index contributed by atoms with van der Waals surface area (Å²) < 4.78 is 0. The summed E-state index contributed by atoms with van der Waals surface area (Å²) in [4.78, 5) is 24.9. The molecule has 0 aliphatic heterocycles. The summed E-state index contributed by atoms with van der Waals surface area (Å²) in [6.45, 7) is 0.667. The van der Waals surface area contributed by atoms with Crippen LogP contribution in [0.2, 0.25) is 0 Å². The zero-order valence-corrected chi connectivity index (χ0v) is 29.1. The van der Waals surface area contributed by atoms with Crippen LogP contribution in [0.3, 0.4) is 0 Å². The number of carbonyl (C=O) groups is 2. The molecule has 1 aliphatic carbocycles. The number of rotatable bonds is 32. The van der Waals surface area contributed by atoms with Crippen molar-refractivity contribution in [2.45, 2.75) is 198 Å². The van der Waals surface area contributed by atoms with E-state index >= 15 is 0 Å². The number of unbranched alkanes of at least 4 members (excludes halogenated alkanes) is 24. The van der Waals surface area contributed by atoms with Crippen LogP contribution in [0, 0.1) is 0 Å². The predicted octanol–water partition coefficient (Wildman–Crippen LogP) is 9.38. The maximum Gasteiger partial charge on any atom is 0.243 e. The molecule has 6 heteroatoms. The molecule has 6 nitrogen and oxygen atoms in total. The highest BCUT2D eigenvalue weighted by Crippen LogP contribution is 2.19. The zero-order chi connectivity index (χ0) is 32.5. The van der Waals surface area contributed by atoms with Crippen molar-refractivity contribution in [2.75, 3.05) is 13.2 Å². The topological polar surface area (TPSA) is 98.7 Å². The molecule has 0 aromatic rings. The fraction of sp³-hybridized carbons (Fsp3) is 0.846. The van der Waals surface area contributed by atoms with Gasteiger partial charge in [-0.3, -0.25) is 9.59 Å². The molecule has 0 radical (unpaired) electrons. The zero-order valence-electron chi connectivity index (χ0n) is 29.1. The highest BCUT2D eigenvalue weighted by Gasteiger charge is 2.28. The molecule has 1 aliphatic rings. The molecule has 0 saturated heterocycles. The van der Waals surface area contributed by atoms with Crippen LogP contribution in [-0.2, 0) is 9.59 Å². The van der Waals surface area contributed by atoms with E-state index in [1.165, 1.54) is 128 Å². The molecule has 1 fully saturated rings. The maximum atomic E-state index is 12.5. The molecule has 0 bridgehead atoms. The molecule has 4 N–H and O–H groups in total. The van der Waals surface area contributed by atoms with Crippen LogP contribution in [0.25, 0.3) is 0 Å². The Morgan fingerprint density at radius 1 is 0.444 bits per heavy atom. The second-order valence-corrected chi connectivity index (χ2v) is 13.5. The summed E-state index contributed by atoms with van der Waals surface area (Å²) in [5, 5.41) is 23.8. The van der Waals surface area contributed by atoms with Crippen LogP contribution < -0.4 is 10.6 Å². The number of hydrogen-bond acceptors (Lipinski definition) is 4. The van der Waals surface area contributed by atoms with Gasteiger partial charge in [0.05, 0.1) is 0 Å². The third-order valence-corrected chi connectivity index (χ3v) is 9.27. The van der Waals surface area contributed by atoms with Crippen molar-refractivity contribution < 1.29 is 19.8 Å². The Morgan fingerprint density at radius 3 is 1.00 bits per heavy atom. The van der Waals surface area contributed by atoms with Gasteiger partial charge in [0.25, 0.3) is 0 Å². The van der Waals surface area contributed by atoms with E-state index in [0.717, 1.165) is 57.8 Å². The first-order valence-corrected chi connectivity index (χ1v) is 19.3. The molecule has 0 aromatic heterocycles. The lowest BCUT2D eigenvalue weighted by atomic mass is 10.0. The van der Waals surface area contributed by atoms with Gasteiger partial charge in [0.2, 0.25) is 11.8 Å². The average molecular weight is 633 g/mol. The van der Waals surface area contributed by atoms with E-state index in [1.807, 2.05) is 12.2 Å². The van der Waals surface area contributed by atoms with Gasteiger partial charge in [-0.2, -0.15) is 0 Å². The van der Waals surface area contributed by atoms with Gasteiger partial charge in [0.1, 0.15) is 0 Å². The number of carbonyl (C=O) groups excluding carboxylic acids is 2. The molecule has 0 heterocycles. The Balaban J connectivity index is 1.98. The second-order valence-electron chi connectivity index (χ2n) is 13.5. The van der Waals surface area contributed by atoms with Crippen LogP contribution >= 0.6 is 0 Å². The third kappa shape index (κ3) is 27.2. The Bertz CT molecular complexity index is 679. The van der Waals surface area contributed by atoms with Gasteiger partial charge in [-0.15, -0.1) is 0 Å². The number of hydrogen-bond donors (Lipinski definition) is 4. The highest BCUT2D eigenvalue weighted by atomic mass is 16.3. The molecule has 0 aromatic carbocycles. The van der Waals surface area contributed by atoms with E-state index in [-0.39, 0.29) is 23.9 Å². The molecule has 2 atom stereocenters. The first-order valence-electron chi connectivity index (χ1n) is 19.3. The van der Waals surface area contributed by atoms with Gasteiger partial charge in [-0.1, -0.05) is 141 Å². The van der Waals surface area contributed by atoms with E-state index in [4.69, 9.17) is 10.2 Å². The minimum atomic E-state index is -0.0395. The molecular formula is C39H72N2O4. The van der Waals surface area contributed by atoms with Crippen LogP contribution in [0.15, 0.2) is 24.3 Å². The van der Waals surface area contributed by atoms with E-state index < -0.39 is 0 Å².